The van der Waals surface area contributed by atoms with Crippen LogP contribution in [0.25, 0.3) is 0 Å². The Labute approximate surface area is 246 Å². The number of rotatable bonds is 8. The minimum atomic E-state index is -0.373. The first kappa shape index (κ1) is 27.2. The van der Waals surface area contributed by atoms with Gasteiger partial charge < -0.3 is 15.1 Å². The molecule has 0 aliphatic carbocycles. The SMILES string of the molecule is Cc1ccc(Cl)cc1N1CCN(CCCNC(=O)c2ccc3c(c2)N(Cc2ccccc2)C(=O)C2C=CN=C32)CC1. The van der Waals surface area contributed by atoms with E-state index in [0.717, 1.165) is 66.7 Å². The molecule has 6 rings (SSSR count). The minimum absolute atomic E-state index is 0.0166. The van der Waals surface area contributed by atoms with Gasteiger partial charge in [-0.25, -0.2) is 0 Å². The molecule has 2 amide bonds. The van der Waals surface area contributed by atoms with Crippen molar-refractivity contribution in [1.82, 2.24) is 10.2 Å². The Balaban J connectivity index is 1.05. The Morgan fingerprint density at radius 3 is 2.61 bits per heavy atom. The van der Waals surface area contributed by atoms with Crippen LogP contribution in [0.1, 0.15) is 33.5 Å². The number of aryl methyl sites for hydroxylation is 1. The van der Waals surface area contributed by atoms with Crippen LogP contribution in [0.5, 0.6) is 0 Å². The molecule has 0 spiro atoms. The summed E-state index contributed by atoms with van der Waals surface area (Å²) in [5.41, 5.74) is 6.43. The number of benzene rings is 3. The van der Waals surface area contributed by atoms with Crippen molar-refractivity contribution in [3.63, 3.8) is 0 Å². The van der Waals surface area contributed by atoms with Gasteiger partial charge >= 0.3 is 0 Å². The van der Waals surface area contributed by atoms with Gasteiger partial charge in [0.05, 0.1) is 17.9 Å². The largest absolute Gasteiger partial charge is 0.369 e. The molecule has 1 N–H and O–H groups in total. The summed E-state index contributed by atoms with van der Waals surface area (Å²) < 4.78 is 0. The smallest absolute Gasteiger partial charge is 0.251 e. The van der Waals surface area contributed by atoms with Crippen molar-refractivity contribution in [1.29, 1.82) is 0 Å². The third kappa shape index (κ3) is 5.78. The van der Waals surface area contributed by atoms with Crippen molar-refractivity contribution in [2.45, 2.75) is 19.9 Å². The molecule has 1 saturated heterocycles. The van der Waals surface area contributed by atoms with Crippen LogP contribution in [-0.4, -0.2) is 61.7 Å². The molecule has 0 radical (unpaired) electrons. The van der Waals surface area contributed by atoms with Crippen molar-refractivity contribution in [3.05, 3.63) is 106 Å². The van der Waals surface area contributed by atoms with E-state index in [1.807, 2.05) is 60.7 Å². The molecule has 3 aliphatic heterocycles. The number of amides is 2. The predicted molar refractivity (Wildman–Crippen MR) is 165 cm³/mol. The number of carbonyl (C=O) groups excluding carboxylic acids is 2. The van der Waals surface area contributed by atoms with E-state index >= 15 is 0 Å². The Morgan fingerprint density at radius 2 is 1.80 bits per heavy atom. The molecule has 0 aromatic heterocycles. The van der Waals surface area contributed by atoms with Gasteiger partial charge in [0, 0.05) is 60.8 Å². The second-order valence-electron chi connectivity index (χ2n) is 10.8. The molecule has 0 saturated carbocycles. The molecule has 41 heavy (non-hydrogen) atoms. The van der Waals surface area contributed by atoms with Crippen LogP contribution in [0.4, 0.5) is 11.4 Å². The lowest BCUT2D eigenvalue weighted by Crippen LogP contribution is -2.47. The summed E-state index contributed by atoms with van der Waals surface area (Å²) in [7, 11) is 0. The lowest BCUT2D eigenvalue weighted by molar-refractivity contribution is -0.119. The zero-order chi connectivity index (χ0) is 28.3. The van der Waals surface area contributed by atoms with Crippen LogP contribution in [0, 0.1) is 12.8 Å². The quantitative estimate of drug-likeness (QED) is 0.386. The van der Waals surface area contributed by atoms with Crippen molar-refractivity contribution < 1.29 is 9.59 Å². The molecule has 0 bridgehead atoms. The van der Waals surface area contributed by atoms with Crippen LogP contribution in [0.2, 0.25) is 5.02 Å². The number of nitrogens with zero attached hydrogens (tertiary/aromatic N) is 4. The number of fused-ring (bicyclic) bond motifs is 3. The molecular formula is C33H34ClN5O2. The van der Waals surface area contributed by atoms with E-state index in [2.05, 4.69) is 39.2 Å². The van der Waals surface area contributed by atoms with E-state index < -0.39 is 0 Å². The number of aliphatic imine (C=N–C) groups is 1. The Hall–Kier alpha value is -3.94. The van der Waals surface area contributed by atoms with Crippen LogP contribution in [0.15, 0.2) is 84.0 Å². The van der Waals surface area contributed by atoms with Crippen molar-refractivity contribution in [2.24, 2.45) is 10.9 Å². The minimum Gasteiger partial charge on any atom is -0.369 e. The summed E-state index contributed by atoms with van der Waals surface area (Å²) in [4.78, 5) is 37.7. The summed E-state index contributed by atoms with van der Waals surface area (Å²) in [5.74, 6) is -0.519. The fourth-order valence-corrected chi connectivity index (χ4v) is 6.05. The first-order chi connectivity index (χ1) is 20.0. The third-order valence-electron chi connectivity index (χ3n) is 8.15. The van der Waals surface area contributed by atoms with Gasteiger partial charge in [-0.2, -0.15) is 0 Å². The second kappa shape index (κ2) is 11.9. The van der Waals surface area contributed by atoms with Crippen molar-refractivity contribution in [3.8, 4) is 0 Å². The molecule has 210 valence electrons. The Bertz CT molecular complexity index is 1510. The van der Waals surface area contributed by atoms with E-state index in [1.54, 1.807) is 11.1 Å². The first-order valence-corrected chi connectivity index (χ1v) is 14.6. The number of anilines is 2. The third-order valence-corrected chi connectivity index (χ3v) is 8.38. The summed E-state index contributed by atoms with van der Waals surface area (Å²) in [6.45, 7) is 7.98. The number of piperazine rings is 1. The topological polar surface area (TPSA) is 68.2 Å². The second-order valence-corrected chi connectivity index (χ2v) is 11.3. The molecular weight excluding hydrogens is 534 g/mol. The zero-order valence-corrected chi connectivity index (χ0v) is 24.0. The van der Waals surface area contributed by atoms with Gasteiger partial charge in [0.25, 0.3) is 5.91 Å². The highest BCUT2D eigenvalue weighted by molar-refractivity contribution is 6.31. The van der Waals surface area contributed by atoms with Crippen LogP contribution in [-0.2, 0) is 11.3 Å². The van der Waals surface area contributed by atoms with Gasteiger partial charge in [-0.1, -0.05) is 54.1 Å². The monoisotopic (exact) mass is 567 g/mol. The normalized spacial score (nSPS) is 18.2. The molecule has 7 nitrogen and oxygen atoms in total. The van der Waals surface area contributed by atoms with E-state index in [-0.39, 0.29) is 17.7 Å². The van der Waals surface area contributed by atoms with Gasteiger partial charge in [0.2, 0.25) is 5.91 Å². The summed E-state index contributed by atoms with van der Waals surface area (Å²) in [6, 6.07) is 21.6. The first-order valence-electron chi connectivity index (χ1n) is 14.2. The number of hydrogen-bond acceptors (Lipinski definition) is 5. The van der Waals surface area contributed by atoms with Gasteiger partial charge in [0.15, 0.2) is 0 Å². The average Bonchev–Trinajstić information content (AvgIpc) is 3.50. The van der Waals surface area contributed by atoms with Crippen LogP contribution >= 0.6 is 11.6 Å². The standard InChI is InChI=1S/C33H34ClN5O2/c1-23-8-10-26(34)21-29(23)38-18-16-37(17-19-38)15-5-13-36-32(40)25-9-11-27-30(20-25)39(22-24-6-3-2-4-7-24)33(41)28-12-14-35-31(27)28/h2-4,6-12,14,20-21,28H,5,13,15-19,22H2,1H3,(H,36,40). The molecule has 8 heteroatoms. The molecule has 3 aromatic carbocycles. The molecule has 3 aromatic rings. The van der Waals surface area contributed by atoms with Gasteiger partial charge in [0.1, 0.15) is 5.92 Å². The van der Waals surface area contributed by atoms with Gasteiger partial charge in [-0.15, -0.1) is 0 Å². The number of nitrogens with one attached hydrogen (secondary N) is 1. The fourth-order valence-electron chi connectivity index (χ4n) is 5.89. The van der Waals surface area contributed by atoms with E-state index in [4.69, 9.17) is 11.6 Å². The maximum absolute atomic E-state index is 13.4. The Kier molecular flexibility index (Phi) is 7.90. The van der Waals surface area contributed by atoms with Crippen LogP contribution in [0.3, 0.4) is 0 Å². The summed E-state index contributed by atoms with van der Waals surface area (Å²) in [6.07, 6.45) is 4.42. The fraction of sp³-hybridized carbons (Fsp3) is 0.303. The highest BCUT2D eigenvalue weighted by Crippen LogP contribution is 2.36. The highest BCUT2D eigenvalue weighted by atomic mass is 35.5. The zero-order valence-electron chi connectivity index (χ0n) is 23.2. The van der Waals surface area contributed by atoms with Crippen molar-refractivity contribution >= 4 is 40.5 Å². The summed E-state index contributed by atoms with van der Waals surface area (Å²) >= 11 is 6.22. The lowest BCUT2D eigenvalue weighted by atomic mass is 9.89. The summed E-state index contributed by atoms with van der Waals surface area (Å²) in [5, 5.41) is 3.85. The number of hydrogen-bond donors (Lipinski definition) is 1. The van der Waals surface area contributed by atoms with E-state index in [0.29, 0.717) is 18.7 Å². The molecule has 1 atom stereocenters. The molecule has 1 unspecified atom stereocenters. The number of halogens is 1. The predicted octanol–water partition coefficient (Wildman–Crippen LogP) is 5.07. The highest BCUT2D eigenvalue weighted by Gasteiger charge is 2.38. The maximum Gasteiger partial charge on any atom is 0.251 e. The molecule has 3 aliphatic rings. The van der Waals surface area contributed by atoms with Crippen LogP contribution < -0.4 is 15.1 Å². The molecule has 3 heterocycles. The lowest BCUT2D eigenvalue weighted by Gasteiger charge is -2.37. The average molecular weight is 568 g/mol. The van der Waals surface area contributed by atoms with E-state index in [1.165, 1.54) is 11.3 Å². The van der Waals surface area contributed by atoms with Gasteiger partial charge in [-0.3, -0.25) is 19.5 Å². The van der Waals surface area contributed by atoms with E-state index in [9.17, 15) is 9.59 Å². The van der Waals surface area contributed by atoms with Crippen molar-refractivity contribution in [2.75, 3.05) is 49.1 Å². The molecule has 1 fully saturated rings. The maximum atomic E-state index is 13.4. The Morgan fingerprint density at radius 1 is 1.00 bits per heavy atom. The van der Waals surface area contributed by atoms with Gasteiger partial charge in [-0.05, 0) is 61.4 Å². The number of carbonyl (C=O) groups is 2.